The number of carbonyl (C=O) groups is 2. The Labute approximate surface area is 178 Å². The van der Waals surface area contributed by atoms with Crippen LogP contribution in [-0.4, -0.2) is 26.4 Å². The van der Waals surface area contributed by atoms with Gasteiger partial charge in [-0.1, -0.05) is 49.8 Å². The van der Waals surface area contributed by atoms with Crippen molar-refractivity contribution in [3.05, 3.63) is 58.7 Å². The molecule has 0 amide bonds. The van der Waals surface area contributed by atoms with Gasteiger partial charge in [-0.3, -0.25) is 4.79 Å². The van der Waals surface area contributed by atoms with E-state index in [1.807, 2.05) is 45.1 Å². The molecule has 0 bridgehead atoms. The number of hydrogen-bond donors (Lipinski definition) is 0. The molecule has 4 heteroatoms. The van der Waals surface area contributed by atoms with Gasteiger partial charge in [0.2, 0.25) is 0 Å². The number of ketones is 1. The van der Waals surface area contributed by atoms with Gasteiger partial charge in [-0.2, -0.15) is 19.6 Å². The highest BCUT2D eigenvalue weighted by Crippen LogP contribution is 2.39. The van der Waals surface area contributed by atoms with Crippen LogP contribution in [0.2, 0.25) is 25.7 Å². The van der Waals surface area contributed by atoms with Crippen molar-refractivity contribution < 1.29 is 14.3 Å². The minimum absolute atomic E-state index is 0.0276. The Morgan fingerprint density at radius 2 is 1.79 bits per heavy atom. The van der Waals surface area contributed by atoms with Crippen molar-refractivity contribution in [1.29, 1.82) is 0 Å². The number of ether oxygens (including phenoxy) is 1. The number of esters is 1. The first-order chi connectivity index (χ1) is 13.3. The van der Waals surface area contributed by atoms with Crippen LogP contribution in [0.4, 0.5) is 0 Å². The van der Waals surface area contributed by atoms with Gasteiger partial charge in [-0.05, 0) is 49.3 Å². The molecule has 0 N–H and O–H groups in total. The Balaban J connectivity index is 2.68. The molecule has 0 radical (unpaired) electrons. The molecule has 161 valence electrons. The summed E-state index contributed by atoms with van der Waals surface area (Å²) in [4.78, 5) is 23.9. The number of allylic oxidation sites excluding steroid dienone is 9. The summed E-state index contributed by atoms with van der Waals surface area (Å²) < 4.78 is 5.29. The topological polar surface area (TPSA) is 43.4 Å². The van der Waals surface area contributed by atoms with Crippen LogP contribution < -0.4 is 0 Å². The van der Waals surface area contributed by atoms with Gasteiger partial charge in [0.25, 0.3) is 0 Å². The molecule has 0 spiro atoms. The Morgan fingerprint density at radius 3 is 2.41 bits per heavy atom. The molecule has 1 rings (SSSR count). The van der Waals surface area contributed by atoms with Crippen LogP contribution in [0.15, 0.2) is 58.7 Å². The molecule has 0 heterocycles. The third-order valence-corrected chi connectivity index (χ3v) is 6.91. The van der Waals surface area contributed by atoms with E-state index in [2.05, 4.69) is 39.6 Å². The van der Waals surface area contributed by atoms with E-state index in [0.717, 1.165) is 34.8 Å². The SMILES string of the molecule is CC1=C(/C=C/C(C)=C/C=C/C(C)=C/C(=O)OCC[Si-](C)(C)C)C(C)(C)CCC1=O. The van der Waals surface area contributed by atoms with Crippen LogP contribution in [-0.2, 0) is 14.3 Å². The maximum absolute atomic E-state index is 12.0. The van der Waals surface area contributed by atoms with Crippen LogP contribution in [0, 0.1) is 5.41 Å². The van der Waals surface area contributed by atoms with E-state index < -0.39 is 8.07 Å². The fourth-order valence-corrected chi connectivity index (χ4v) is 3.83. The summed E-state index contributed by atoms with van der Waals surface area (Å²) in [6, 6.07) is 0.980. The van der Waals surface area contributed by atoms with Gasteiger partial charge >= 0.3 is 5.97 Å². The van der Waals surface area contributed by atoms with Crippen molar-refractivity contribution in [3.63, 3.8) is 0 Å². The second-order valence-corrected chi connectivity index (χ2v) is 15.4. The Bertz CT molecular complexity index is 768. The lowest BCUT2D eigenvalue weighted by Crippen LogP contribution is -2.24. The lowest BCUT2D eigenvalue weighted by atomic mass is 9.72. The van der Waals surface area contributed by atoms with E-state index >= 15 is 0 Å². The van der Waals surface area contributed by atoms with Crippen LogP contribution in [0.5, 0.6) is 0 Å². The zero-order chi connectivity index (χ0) is 22.2. The molecule has 1 aliphatic carbocycles. The van der Waals surface area contributed by atoms with Gasteiger partial charge in [0.1, 0.15) is 0 Å². The molecule has 0 aromatic rings. The number of Topliss-reactive ketones (excluding diaryl/α,β-unsaturated/α-hetero) is 1. The van der Waals surface area contributed by atoms with Gasteiger partial charge in [0.05, 0.1) is 6.61 Å². The maximum Gasteiger partial charge on any atom is 0.330 e. The Morgan fingerprint density at radius 1 is 1.14 bits per heavy atom. The molecule has 3 nitrogen and oxygen atoms in total. The van der Waals surface area contributed by atoms with Crippen molar-refractivity contribution in [1.82, 2.24) is 0 Å². The second kappa shape index (κ2) is 10.7. The summed E-state index contributed by atoms with van der Waals surface area (Å²) in [6.07, 6.45) is 13.0. The molecular weight excluding hydrogens is 376 g/mol. The third kappa shape index (κ3) is 9.40. The number of hydrogen-bond acceptors (Lipinski definition) is 3. The molecule has 29 heavy (non-hydrogen) atoms. The second-order valence-electron chi connectivity index (χ2n) is 9.82. The largest absolute Gasteiger partial charge is 0.466 e. The van der Waals surface area contributed by atoms with E-state index in [9.17, 15) is 9.59 Å². The van der Waals surface area contributed by atoms with Gasteiger partial charge < -0.3 is 4.74 Å². The smallest absolute Gasteiger partial charge is 0.330 e. The van der Waals surface area contributed by atoms with E-state index in [4.69, 9.17) is 4.74 Å². The molecule has 0 aliphatic heterocycles. The quantitative estimate of drug-likeness (QED) is 0.195. The highest BCUT2D eigenvalue weighted by Gasteiger charge is 2.30. The third-order valence-electron chi connectivity index (χ3n) is 5.20. The molecule has 0 aromatic carbocycles. The summed E-state index contributed by atoms with van der Waals surface area (Å²) in [5.41, 5.74) is 3.98. The lowest BCUT2D eigenvalue weighted by Gasteiger charge is -2.32. The molecule has 0 fully saturated rings. The van der Waals surface area contributed by atoms with Crippen LogP contribution in [0.1, 0.15) is 47.5 Å². The van der Waals surface area contributed by atoms with E-state index in [1.54, 1.807) is 0 Å². The zero-order valence-corrected chi connectivity index (χ0v) is 20.5. The minimum atomic E-state index is -1.18. The van der Waals surface area contributed by atoms with Crippen molar-refractivity contribution in [2.45, 2.75) is 73.1 Å². The van der Waals surface area contributed by atoms with Crippen LogP contribution in [0.25, 0.3) is 0 Å². The highest BCUT2D eigenvalue weighted by atomic mass is 28.3. The maximum atomic E-state index is 12.0. The van der Waals surface area contributed by atoms with E-state index in [1.165, 1.54) is 6.08 Å². The fraction of sp³-hybridized carbons (Fsp3) is 0.520. The summed E-state index contributed by atoms with van der Waals surface area (Å²) >= 11 is 0. The van der Waals surface area contributed by atoms with Crippen molar-refractivity contribution in [2.24, 2.45) is 5.41 Å². The molecular formula is C25H38O3Si-. The summed E-state index contributed by atoms with van der Waals surface area (Å²) in [5.74, 6) is -0.0272. The first kappa shape index (κ1) is 25.1. The first-order valence-electron chi connectivity index (χ1n) is 10.4. The van der Waals surface area contributed by atoms with Crippen molar-refractivity contribution >= 4 is 19.8 Å². The minimum Gasteiger partial charge on any atom is -0.466 e. The average Bonchev–Trinajstić information content (AvgIpc) is 2.57. The van der Waals surface area contributed by atoms with E-state index in [0.29, 0.717) is 13.0 Å². The molecule has 0 saturated carbocycles. The van der Waals surface area contributed by atoms with Gasteiger partial charge in [-0.25, -0.2) is 4.79 Å². The molecule has 0 saturated heterocycles. The van der Waals surface area contributed by atoms with E-state index in [-0.39, 0.29) is 17.2 Å². The van der Waals surface area contributed by atoms with Crippen molar-refractivity contribution in [3.8, 4) is 0 Å². The van der Waals surface area contributed by atoms with Gasteiger partial charge in [0.15, 0.2) is 5.78 Å². The lowest BCUT2D eigenvalue weighted by molar-refractivity contribution is -0.137. The summed E-state index contributed by atoms with van der Waals surface area (Å²) in [5, 5.41) is 0. The zero-order valence-electron chi connectivity index (χ0n) is 19.5. The molecule has 0 unspecified atom stereocenters. The van der Waals surface area contributed by atoms with Crippen LogP contribution >= 0.6 is 0 Å². The predicted octanol–water partition coefficient (Wildman–Crippen LogP) is 6.58. The Kier molecular flexibility index (Phi) is 9.28. The number of rotatable bonds is 8. The first-order valence-corrected chi connectivity index (χ1v) is 14.2. The molecule has 0 aromatic heterocycles. The number of carbonyl (C=O) groups excluding carboxylic acids is 2. The van der Waals surface area contributed by atoms with Crippen LogP contribution in [0.3, 0.4) is 0 Å². The average molecular weight is 415 g/mol. The highest BCUT2D eigenvalue weighted by molar-refractivity contribution is 6.76. The normalized spacial score (nSPS) is 18.8. The molecule has 1 aliphatic rings. The van der Waals surface area contributed by atoms with Crippen molar-refractivity contribution in [2.75, 3.05) is 6.61 Å². The summed E-state index contributed by atoms with van der Waals surface area (Å²) in [6.45, 7) is 17.5. The monoisotopic (exact) mass is 414 g/mol. The van der Waals surface area contributed by atoms with Gasteiger partial charge in [0, 0.05) is 12.5 Å². The summed E-state index contributed by atoms with van der Waals surface area (Å²) in [7, 11) is -1.18. The molecule has 0 atom stereocenters. The predicted molar refractivity (Wildman–Crippen MR) is 126 cm³/mol. The fourth-order valence-electron chi connectivity index (χ4n) is 3.11. The Hall–Kier alpha value is -1.94. The standard InChI is InChI=1S/C25H38O3Si/c1-19(12-13-22-21(3)23(26)14-15-25(22,4)5)10-9-11-20(2)18-24(27)28-16-17-29(6,7)8/h9-13,18H,14-17H2,1-8H3/q-1/b11-9+,13-12+,19-10+,20-18+. The van der Waals surface area contributed by atoms with Gasteiger partial charge in [-0.15, -0.1) is 14.1 Å².